The molecule has 0 bridgehead atoms. The highest BCUT2D eigenvalue weighted by Crippen LogP contribution is 2.23. The van der Waals surface area contributed by atoms with Crippen molar-refractivity contribution in [3.63, 3.8) is 0 Å². The van der Waals surface area contributed by atoms with Gasteiger partial charge in [-0.2, -0.15) is 17.0 Å². The highest BCUT2D eigenvalue weighted by atomic mass is 32.2. The molecule has 20 heavy (non-hydrogen) atoms. The third kappa shape index (κ3) is 3.71. The lowest BCUT2D eigenvalue weighted by Crippen LogP contribution is -2.50. The third-order valence-corrected chi connectivity index (χ3v) is 6.51. The Morgan fingerprint density at radius 1 is 1.05 bits per heavy atom. The number of nitrogens with zero attached hydrogens (tertiary/aromatic N) is 3. The highest BCUT2D eigenvalue weighted by molar-refractivity contribution is 7.86. The first-order valence-corrected chi connectivity index (χ1v) is 9.14. The zero-order valence-corrected chi connectivity index (χ0v) is 13.3. The van der Waals surface area contributed by atoms with Crippen LogP contribution in [-0.4, -0.2) is 73.8 Å². The number of piperidine rings is 1. The second kappa shape index (κ2) is 7.17. The lowest BCUT2D eigenvalue weighted by molar-refractivity contribution is 0.243. The predicted octanol–water partition coefficient (Wildman–Crippen LogP) is 0.0720. The van der Waals surface area contributed by atoms with Crippen LogP contribution in [-0.2, 0) is 10.2 Å². The normalized spacial score (nSPS) is 28.4. The molecule has 2 fully saturated rings. The topological polar surface area (TPSA) is 69.9 Å². The molecule has 0 aromatic heterocycles. The molecule has 0 aromatic carbocycles. The molecule has 0 spiro atoms. The average molecular weight is 304 g/mol. The molecular formula is C13H28N4O2S. The van der Waals surface area contributed by atoms with Gasteiger partial charge in [0, 0.05) is 45.3 Å². The summed E-state index contributed by atoms with van der Waals surface area (Å²) in [6.07, 6.45) is 3.99. The number of hydrogen-bond acceptors (Lipinski definition) is 4. The lowest BCUT2D eigenvalue weighted by atomic mass is 10.1. The molecule has 1 atom stereocenters. The summed E-state index contributed by atoms with van der Waals surface area (Å²) in [6, 6.07) is 0.136. The summed E-state index contributed by atoms with van der Waals surface area (Å²) < 4.78 is 28.9. The smallest absolute Gasteiger partial charge is 0.282 e. The van der Waals surface area contributed by atoms with E-state index in [0.717, 1.165) is 45.3 Å². The van der Waals surface area contributed by atoms with Crippen LogP contribution in [0.1, 0.15) is 32.6 Å². The molecule has 0 radical (unpaired) electrons. The number of rotatable bonds is 4. The van der Waals surface area contributed by atoms with Crippen LogP contribution >= 0.6 is 0 Å². The Kier molecular flexibility index (Phi) is 5.80. The van der Waals surface area contributed by atoms with Gasteiger partial charge in [0.05, 0.1) is 0 Å². The van der Waals surface area contributed by atoms with Crippen LogP contribution in [0.5, 0.6) is 0 Å². The van der Waals surface area contributed by atoms with E-state index in [1.807, 2.05) is 6.92 Å². The Bertz CT molecular complexity index is 401. The molecule has 2 saturated heterocycles. The fraction of sp³-hybridized carbons (Fsp3) is 1.00. The van der Waals surface area contributed by atoms with E-state index in [9.17, 15) is 8.42 Å². The summed E-state index contributed by atoms with van der Waals surface area (Å²) in [6.45, 7) is 7.14. The minimum atomic E-state index is -3.29. The molecule has 2 N–H and O–H groups in total. The maximum atomic E-state index is 12.8. The van der Waals surface area contributed by atoms with Gasteiger partial charge in [-0.3, -0.25) is 0 Å². The number of nitrogens with two attached hydrogens (primary N) is 1. The van der Waals surface area contributed by atoms with Gasteiger partial charge in [0.1, 0.15) is 0 Å². The second-order valence-electron chi connectivity index (χ2n) is 5.85. The van der Waals surface area contributed by atoms with Crippen molar-refractivity contribution in [3.8, 4) is 0 Å². The Balaban J connectivity index is 2.01. The van der Waals surface area contributed by atoms with Gasteiger partial charge in [-0.15, -0.1) is 0 Å². The molecule has 2 aliphatic rings. The first kappa shape index (κ1) is 16.2. The van der Waals surface area contributed by atoms with Crippen molar-refractivity contribution in [2.24, 2.45) is 5.73 Å². The van der Waals surface area contributed by atoms with Crippen LogP contribution in [0.4, 0.5) is 0 Å². The van der Waals surface area contributed by atoms with Gasteiger partial charge in [0.15, 0.2) is 0 Å². The molecule has 2 aliphatic heterocycles. The summed E-state index contributed by atoms with van der Waals surface area (Å²) in [5.74, 6) is 0. The number of hydrogen-bond donors (Lipinski definition) is 1. The van der Waals surface area contributed by atoms with Crippen molar-refractivity contribution in [2.75, 3.05) is 45.8 Å². The average Bonchev–Trinajstić information content (AvgIpc) is 2.65. The van der Waals surface area contributed by atoms with Gasteiger partial charge in [0.25, 0.3) is 10.2 Å². The molecule has 7 heteroatoms. The van der Waals surface area contributed by atoms with Gasteiger partial charge < -0.3 is 10.6 Å². The van der Waals surface area contributed by atoms with E-state index in [1.165, 1.54) is 0 Å². The molecule has 0 saturated carbocycles. The van der Waals surface area contributed by atoms with Crippen LogP contribution < -0.4 is 5.73 Å². The molecule has 2 rings (SSSR count). The minimum Gasteiger partial charge on any atom is -0.329 e. The molecular weight excluding hydrogens is 276 g/mol. The van der Waals surface area contributed by atoms with Crippen LogP contribution in [0.3, 0.4) is 0 Å². The van der Waals surface area contributed by atoms with Gasteiger partial charge in [-0.1, -0.05) is 6.42 Å². The molecule has 0 aliphatic carbocycles. The fourth-order valence-electron chi connectivity index (χ4n) is 3.15. The van der Waals surface area contributed by atoms with E-state index in [4.69, 9.17) is 5.73 Å². The summed E-state index contributed by atoms with van der Waals surface area (Å²) in [4.78, 5) is 2.26. The van der Waals surface area contributed by atoms with Crippen LogP contribution in [0, 0.1) is 0 Å². The Morgan fingerprint density at radius 3 is 2.55 bits per heavy atom. The minimum absolute atomic E-state index is 0.136. The van der Waals surface area contributed by atoms with E-state index >= 15 is 0 Å². The SMILES string of the molecule is CC1CCCCN1S(=O)(=O)N1CCCN(CCN)CC1. The van der Waals surface area contributed by atoms with Crippen molar-refractivity contribution in [1.82, 2.24) is 13.5 Å². The van der Waals surface area contributed by atoms with Crippen molar-refractivity contribution >= 4 is 10.2 Å². The zero-order chi connectivity index (χ0) is 14.6. The molecule has 2 heterocycles. The van der Waals surface area contributed by atoms with Crippen molar-refractivity contribution in [2.45, 2.75) is 38.6 Å². The summed E-state index contributed by atoms with van der Waals surface area (Å²) in [5.41, 5.74) is 5.58. The molecule has 118 valence electrons. The third-order valence-electron chi connectivity index (χ3n) is 4.36. The Hall–Kier alpha value is -0.210. The van der Waals surface area contributed by atoms with E-state index in [0.29, 0.717) is 26.2 Å². The van der Waals surface area contributed by atoms with Crippen LogP contribution in [0.15, 0.2) is 0 Å². The largest absolute Gasteiger partial charge is 0.329 e. The van der Waals surface area contributed by atoms with Crippen molar-refractivity contribution in [1.29, 1.82) is 0 Å². The van der Waals surface area contributed by atoms with Gasteiger partial charge >= 0.3 is 0 Å². The van der Waals surface area contributed by atoms with Gasteiger partial charge in [-0.25, -0.2) is 0 Å². The monoisotopic (exact) mass is 304 g/mol. The van der Waals surface area contributed by atoms with Crippen LogP contribution in [0.2, 0.25) is 0 Å². The van der Waals surface area contributed by atoms with Gasteiger partial charge in [-0.05, 0) is 32.7 Å². The standard InChI is InChI=1S/C13H28N4O2S/c1-13-5-2-3-9-17(13)20(18,19)16-8-4-7-15(10-6-14)11-12-16/h13H,2-12,14H2,1H3. The summed E-state index contributed by atoms with van der Waals surface area (Å²) in [7, 11) is -3.29. The first-order chi connectivity index (χ1) is 9.55. The maximum Gasteiger partial charge on any atom is 0.282 e. The van der Waals surface area contributed by atoms with E-state index in [-0.39, 0.29) is 6.04 Å². The van der Waals surface area contributed by atoms with Gasteiger partial charge in [0.2, 0.25) is 0 Å². The molecule has 0 aromatic rings. The fourth-order valence-corrected chi connectivity index (χ4v) is 5.04. The lowest BCUT2D eigenvalue weighted by Gasteiger charge is -2.36. The Labute approximate surface area is 123 Å². The quantitative estimate of drug-likeness (QED) is 0.798. The highest BCUT2D eigenvalue weighted by Gasteiger charge is 2.35. The van der Waals surface area contributed by atoms with Crippen molar-refractivity contribution < 1.29 is 8.42 Å². The van der Waals surface area contributed by atoms with Crippen molar-refractivity contribution in [3.05, 3.63) is 0 Å². The van der Waals surface area contributed by atoms with E-state index < -0.39 is 10.2 Å². The summed E-state index contributed by atoms with van der Waals surface area (Å²) >= 11 is 0. The predicted molar refractivity (Wildman–Crippen MR) is 80.6 cm³/mol. The first-order valence-electron chi connectivity index (χ1n) is 7.75. The molecule has 1 unspecified atom stereocenters. The Morgan fingerprint density at radius 2 is 1.85 bits per heavy atom. The van der Waals surface area contributed by atoms with E-state index in [1.54, 1.807) is 8.61 Å². The molecule has 0 amide bonds. The zero-order valence-electron chi connectivity index (χ0n) is 12.5. The maximum absolute atomic E-state index is 12.8. The van der Waals surface area contributed by atoms with E-state index in [2.05, 4.69) is 4.90 Å². The second-order valence-corrected chi connectivity index (χ2v) is 7.73. The molecule has 6 nitrogen and oxygen atoms in total. The summed E-state index contributed by atoms with van der Waals surface area (Å²) in [5, 5.41) is 0. The van der Waals surface area contributed by atoms with Crippen LogP contribution in [0.25, 0.3) is 0 Å².